The van der Waals surface area contributed by atoms with Crippen LogP contribution in [0.15, 0.2) is 0 Å². The second-order valence-corrected chi connectivity index (χ2v) is 7.84. The van der Waals surface area contributed by atoms with Gasteiger partial charge in [-0.25, -0.2) is 0 Å². The summed E-state index contributed by atoms with van der Waals surface area (Å²) in [4.78, 5) is 0. The summed E-state index contributed by atoms with van der Waals surface area (Å²) in [5.41, 5.74) is 0. The molecule has 0 bridgehead atoms. The molecule has 126 valence electrons. The fraction of sp³-hybridized carbons (Fsp3) is 1.00. The zero-order chi connectivity index (χ0) is 15.0. The Labute approximate surface area is 133 Å². The smallest absolute Gasteiger partial charge is 0.169 e. The Morgan fingerprint density at radius 2 is 1.41 bits per heavy atom. The molecule has 4 heteroatoms. The SMILES string of the molecule is OC1(OC2CCC3OC4(CCCCC4)OC3C2)CCCCC1. The van der Waals surface area contributed by atoms with E-state index in [1.807, 2.05) is 0 Å². The van der Waals surface area contributed by atoms with Gasteiger partial charge in [-0.1, -0.05) is 12.8 Å². The number of aliphatic hydroxyl groups is 1. The molecule has 1 saturated heterocycles. The van der Waals surface area contributed by atoms with Crippen LogP contribution < -0.4 is 0 Å². The molecular weight excluding hydrogens is 280 g/mol. The predicted octanol–water partition coefficient (Wildman–Crippen LogP) is 3.65. The maximum Gasteiger partial charge on any atom is 0.169 e. The molecule has 0 radical (unpaired) electrons. The summed E-state index contributed by atoms with van der Waals surface area (Å²) < 4.78 is 18.8. The average Bonchev–Trinajstić information content (AvgIpc) is 2.85. The highest BCUT2D eigenvalue weighted by molar-refractivity contribution is 4.93. The Bertz CT molecular complexity index is 385. The van der Waals surface area contributed by atoms with Crippen molar-refractivity contribution in [3.8, 4) is 0 Å². The van der Waals surface area contributed by atoms with Crippen LogP contribution in [0.3, 0.4) is 0 Å². The normalized spacial score (nSPS) is 40.5. The number of hydrogen-bond donors (Lipinski definition) is 1. The third-order valence-corrected chi connectivity index (χ3v) is 6.05. The first-order valence-electron chi connectivity index (χ1n) is 9.42. The van der Waals surface area contributed by atoms with Gasteiger partial charge in [0.25, 0.3) is 0 Å². The number of hydrogen-bond acceptors (Lipinski definition) is 4. The summed E-state index contributed by atoms with van der Waals surface area (Å²) in [6.45, 7) is 0. The molecule has 3 unspecified atom stereocenters. The number of ether oxygens (including phenoxy) is 3. The third kappa shape index (κ3) is 3.08. The van der Waals surface area contributed by atoms with Gasteiger partial charge in [0.2, 0.25) is 0 Å². The van der Waals surface area contributed by atoms with E-state index < -0.39 is 5.79 Å². The van der Waals surface area contributed by atoms with Crippen molar-refractivity contribution >= 4 is 0 Å². The van der Waals surface area contributed by atoms with Gasteiger partial charge in [0.1, 0.15) is 0 Å². The van der Waals surface area contributed by atoms with E-state index >= 15 is 0 Å². The molecule has 0 aromatic carbocycles. The van der Waals surface area contributed by atoms with E-state index in [-0.39, 0.29) is 24.1 Å². The van der Waals surface area contributed by atoms with Gasteiger partial charge in [0, 0.05) is 32.1 Å². The van der Waals surface area contributed by atoms with E-state index in [9.17, 15) is 5.11 Å². The highest BCUT2D eigenvalue weighted by Gasteiger charge is 2.50. The molecule has 4 nitrogen and oxygen atoms in total. The Kier molecular flexibility index (Phi) is 4.22. The van der Waals surface area contributed by atoms with Gasteiger partial charge < -0.3 is 19.3 Å². The lowest BCUT2D eigenvalue weighted by Gasteiger charge is -2.38. The van der Waals surface area contributed by atoms with E-state index in [1.165, 1.54) is 25.7 Å². The Hall–Kier alpha value is -0.160. The number of rotatable bonds is 2. The molecule has 3 atom stereocenters. The molecule has 0 amide bonds. The van der Waals surface area contributed by atoms with Crippen molar-refractivity contribution in [2.75, 3.05) is 0 Å². The molecular formula is C18H30O4. The van der Waals surface area contributed by atoms with Crippen molar-refractivity contribution in [3.05, 3.63) is 0 Å². The largest absolute Gasteiger partial charge is 0.365 e. The van der Waals surface area contributed by atoms with E-state index in [2.05, 4.69) is 0 Å². The molecule has 3 saturated carbocycles. The molecule has 1 aliphatic heterocycles. The summed E-state index contributed by atoms with van der Waals surface area (Å²) in [7, 11) is 0. The first-order chi connectivity index (χ1) is 10.7. The molecule has 3 aliphatic carbocycles. The van der Waals surface area contributed by atoms with Gasteiger partial charge in [-0.3, -0.25) is 0 Å². The maximum absolute atomic E-state index is 10.6. The minimum absolute atomic E-state index is 0.131. The van der Waals surface area contributed by atoms with Crippen molar-refractivity contribution in [2.24, 2.45) is 0 Å². The Morgan fingerprint density at radius 1 is 0.773 bits per heavy atom. The first kappa shape index (κ1) is 15.4. The van der Waals surface area contributed by atoms with Crippen molar-refractivity contribution in [1.29, 1.82) is 0 Å². The lowest BCUT2D eigenvalue weighted by Crippen LogP contribution is -2.43. The summed E-state index contributed by atoms with van der Waals surface area (Å²) in [6, 6.07) is 0. The van der Waals surface area contributed by atoms with Gasteiger partial charge >= 0.3 is 0 Å². The van der Waals surface area contributed by atoms with Gasteiger partial charge in [0.05, 0.1) is 18.3 Å². The van der Waals surface area contributed by atoms with Crippen LogP contribution in [0, 0.1) is 0 Å². The highest BCUT2D eigenvalue weighted by atomic mass is 16.8. The minimum Gasteiger partial charge on any atom is -0.365 e. The van der Waals surface area contributed by atoms with E-state index in [0.29, 0.717) is 0 Å². The van der Waals surface area contributed by atoms with Crippen LogP contribution in [-0.4, -0.2) is 35.0 Å². The van der Waals surface area contributed by atoms with Gasteiger partial charge in [-0.15, -0.1) is 0 Å². The maximum atomic E-state index is 10.6. The van der Waals surface area contributed by atoms with Crippen LogP contribution in [0.4, 0.5) is 0 Å². The second kappa shape index (κ2) is 6.04. The van der Waals surface area contributed by atoms with Crippen LogP contribution in [0.5, 0.6) is 0 Å². The van der Waals surface area contributed by atoms with Crippen LogP contribution in [0.1, 0.15) is 83.5 Å². The zero-order valence-electron chi connectivity index (χ0n) is 13.6. The van der Waals surface area contributed by atoms with Crippen molar-refractivity contribution in [2.45, 2.75) is 113 Å². The fourth-order valence-electron chi connectivity index (χ4n) is 4.87. The van der Waals surface area contributed by atoms with E-state index in [1.54, 1.807) is 0 Å². The molecule has 4 aliphatic rings. The lowest BCUT2D eigenvalue weighted by atomic mass is 9.90. The van der Waals surface area contributed by atoms with Gasteiger partial charge in [0.15, 0.2) is 11.6 Å². The van der Waals surface area contributed by atoms with Crippen molar-refractivity contribution in [3.63, 3.8) is 0 Å². The zero-order valence-corrected chi connectivity index (χ0v) is 13.6. The summed E-state index contributed by atoms with van der Waals surface area (Å²) >= 11 is 0. The molecule has 0 aromatic heterocycles. The van der Waals surface area contributed by atoms with E-state index in [4.69, 9.17) is 14.2 Å². The summed E-state index contributed by atoms with van der Waals surface area (Å²) in [5.74, 6) is -1.16. The third-order valence-electron chi connectivity index (χ3n) is 6.05. The predicted molar refractivity (Wildman–Crippen MR) is 82.3 cm³/mol. The highest BCUT2D eigenvalue weighted by Crippen LogP contribution is 2.45. The molecule has 1 heterocycles. The summed E-state index contributed by atoms with van der Waals surface area (Å²) in [5, 5.41) is 10.6. The second-order valence-electron chi connectivity index (χ2n) is 7.84. The van der Waals surface area contributed by atoms with Crippen molar-refractivity contribution < 1.29 is 19.3 Å². The standard InChI is InChI=1S/C18H30O4/c19-17(9-3-1-4-10-17)20-14-7-8-15-16(13-14)22-18(21-15)11-5-2-6-12-18/h14-16,19H,1-13H2. The quantitative estimate of drug-likeness (QED) is 0.791. The first-order valence-corrected chi connectivity index (χ1v) is 9.42. The Balaban J connectivity index is 1.35. The van der Waals surface area contributed by atoms with Crippen LogP contribution >= 0.6 is 0 Å². The topological polar surface area (TPSA) is 47.9 Å². The fourth-order valence-corrected chi connectivity index (χ4v) is 4.87. The molecule has 4 rings (SSSR count). The lowest BCUT2D eigenvalue weighted by molar-refractivity contribution is -0.254. The molecule has 22 heavy (non-hydrogen) atoms. The monoisotopic (exact) mass is 310 g/mol. The minimum atomic E-state index is -0.877. The van der Waals surface area contributed by atoms with Crippen molar-refractivity contribution in [1.82, 2.24) is 0 Å². The van der Waals surface area contributed by atoms with Crippen LogP contribution in [0.25, 0.3) is 0 Å². The molecule has 1 spiro atoms. The van der Waals surface area contributed by atoms with Crippen LogP contribution in [0.2, 0.25) is 0 Å². The van der Waals surface area contributed by atoms with Crippen LogP contribution in [-0.2, 0) is 14.2 Å². The molecule has 1 N–H and O–H groups in total. The Morgan fingerprint density at radius 3 is 2.14 bits per heavy atom. The summed E-state index contributed by atoms with van der Waals surface area (Å²) in [6.07, 6.45) is 14.2. The average molecular weight is 310 g/mol. The molecule has 0 aromatic rings. The van der Waals surface area contributed by atoms with Gasteiger partial charge in [-0.05, 0) is 38.5 Å². The number of fused-ring (bicyclic) bond motifs is 1. The van der Waals surface area contributed by atoms with Gasteiger partial charge in [-0.2, -0.15) is 0 Å². The molecule has 4 fully saturated rings. The van der Waals surface area contributed by atoms with E-state index in [0.717, 1.165) is 57.8 Å².